The van der Waals surface area contributed by atoms with E-state index in [4.69, 9.17) is 0 Å². The van der Waals surface area contributed by atoms with Crippen LogP contribution >= 0.6 is 0 Å². The summed E-state index contributed by atoms with van der Waals surface area (Å²) >= 11 is 0. The van der Waals surface area contributed by atoms with Crippen LogP contribution in [0.25, 0.3) is 0 Å². The van der Waals surface area contributed by atoms with Crippen LogP contribution in [-0.2, 0) is 4.79 Å². The molecule has 202 valence electrons. The van der Waals surface area contributed by atoms with Crippen molar-refractivity contribution in [1.29, 1.82) is 0 Å². The summed E-state index contributed by atoms with van der Waals surface area (Å²) in [6, 6.07) is 5.44. The fraction of sp³-hybridized carbons (Fsp3) is 0.630. The average molecular weight is 516 g/mol. The number of rotatable bonds is 8. The highest BCUT2D eigenvalue weighted by atomic mass is 19.1. The summed E-state index contributed by atoms with van der Waals surface area (Å²) in [5, 5.41) is 12.3. The Hall–Kier alpha value is -3.01. The molecule has 0 aromatic heterocycles. The molecule has 3 atom stereocenters. The van der Waals surface area contributed by atoms with Gasteiger partial charge in [-0.1, -0.05) is 19.8 Å². The molecule has 10 heteroatoms. The van der Waals surface area contributed by atoms with Gasteiger partial charge in [0.05, 0.1) is 4.92 Å². The quantitative estimate of drug-likeness (QED) is 0.391. The van der Waals surface area contributed by atoms with Crippen molar-refractivity contribution in [3.8, 4) is 0 Å². The van der Waals surface area contributed by atoms with Gasteiger partial charge in [-0.3, -0.25) is 19.7 Å². The first-order valence-electron chi connectivity index (χ1n) is 13.4. The molecular formula is C27H38FN5O4. The number of hydrogen-bond acceptors (Lipinski definition) is 6. The van der Waals surface area contributed by atoms with Crippen LogP contribution in [0.5, 0.6) is 0 Å². The van der Waals surface area contributed by atoms with E-state index in [1.165, 1.54) is 24.3 Å². The maximum Gasteiger partial charge on any atom is 0.352 e. The lowest BCUT2D eigenvalue weighted by Crippen LogP contribution is -2.59. The van der Waals surface area contributed by atoms with E-state index in [1.807, 2.05) is 19.0 Å². The molecule has 0 N–H and O–H groups in total. The van der Waals surface area contributed by atoms with Crippen LogP contribution in [-0.4, -0.2) is 95.7 Å². The molecule has 0 radical (unpaired) electrons. The fourth-order valence-electron chi connectivity index (χ4n) is 6.33. The number of amides is 2. The lowest BCUT2D eigenvalue weighted by atomic mass is 9.71. The molecule has 2 amide bonds. The summed E-state index contributed by atoms with van der Waals surface area (Å²) < 4.78 is 13.3. The van der Waals surface area contributed by atoms with Crippen LogP contribution in [0.15, 0.2) is 35.7 Å². The first-order valence-corrected chi connectivity index (χ1v) is 13.4. The van der Waals surface area contributed by atoms with Crippen LogP contribution in [0.4, 0.5) is 4.39 Å². The summed E-state index contributed by atoms with van der Waals surface area (Å²) in [7, 11) is 3.97. The van der Waals surface area contributed by atoms with Crippen molar-refractivity contribution >= 4 is 11.8 Å². The molecule has 0 bridgehead atoms. The van der Waals surface area contributed by atoms with Crippen molar-refractivity contribution in [3.05, 3.63) is 57.2 Å². The molecule has 0 spiro atoms. The molecule has 2 aliphatic heterocycles. The summed E-state index contributed by atoms with van der Waals surface area (Å²) in [6.45, 7) is 5.09. The third kappa shape index (κ3) is 5.63. The zero-order valence-electron chi connectivity index (χ0n) is 22.1. The maximum atomic E-state index is 13.7. The van der Waals surface area contributed by atoms with Gasteiger partial charge in [-0.05, 0) is 70.1 Å². The fourth-order valence-corrected chi connectivity index (χ4v) is 6.33. The standard InChI is InChI=1S/C27H38FN5O4/c1-4-19-7-5-8-22-23(19)32(14-6-13-29(2)3)27(35)25(33(36)37)24(22)30-15-17-31(18-16-30)26(34)20-9-11-21(28)12-10-20/h9-12,19,22-23H,4-8,13-18H2,1-3H3. The smallest absolute Gasteiger partial charge is 0.352 e. The van der Waals surface area contributed by atoms with E-state index in [0.717, 1.165) is 38.6 Å². The Bertz CT molecular complexity index is 1040. The van der Waals surface area contributed by atoms with Crippen molar-refractivity contribution in [3.63, 3.8) is 0 Å². The summed E-state index contributed by atoms with van der Waals surface area (Å²) in [4.78, 5) is 46.0. The predicted molar refractivity (Wildman–Crippen MR) is 138 cm³/mol. The van der Waals surface area contributed by atoms with Crippen LogP contribution in [0.2, 0.25) is 0 Å². The van der Waals surface area contributed by atoms with Gasteiger partial charge in [-0.15, -0.1) is 0 Å². The molecule has 1 saturated heterocycles. The molecular weight excluding hydrogens is 477 g/mol. The zero-order chi connectivity index (χ0) is 26.7. The Morgan fingerprint density at radius 2 is 1.81 bits per heavy atom. The molecule has 1 aromatic carbocycles. The van der Waals surface area contributed by atoms with Crippen molar-refractivity contribution in [2.75, 3.05) is 53.4 Å². The van der Waals surface area contributed by atoms with Gasteiger partial charge in [-0.2, -0.15) is 0 Å². The number of carbonyl (C=O) groups excluding carboxylic acids is 2. The van der Waals surface area contributed by atoms with Gasteiger partial charge < -0.3 is 19.6 Å². The zero-order valence-corrected chi connectivity index (χ0v) is 22.1. The molecule has 1 aliphatic carbocycles. The van der Waals surface area contributed by atoms with Crippen molar-refractivity contribution < 1.29 is 18.9 Å². The van der Waals surface area contributed by atoms with E-state index in [0.29, 0.717) is 49.9 Å². The van der Waals surface area contributed by atoms with Gasteiger partial charge >= 0.3 is 11.6 Å². The van der Waals surface area contributed by atoms with E-state index >= 15 is 0 Å². The molecule has 3 unspecified atom stereocenters. The minimum atomic E-state index is -0.488. The number of hydrogen-bond donors (Lipinski definition) is 0. The lowest BCUT2D eigenvalue weighted by Gasteiger charge is -2.50. The van der Waals surface area contributed by atoms with Gasteiger partial charge in [-0.25, -0.2) is 4.39 Å². The molecule has 4 rings (SSSR count). The molecule has 2 heterocycles. The van der Waals surface area contributed by atoms with Gasteiger partial charge in [0, 0.05) is 50.2 Å². The number of nitro groups is 1. The molecule has 1 saturated carbocycles. The number of fused-ring (bicyclic) bond motifs is 1. The topological polar surface area (TPSA) is 90.2 Å². The SMILES string of the molecule is CCC1CCCC2C(N3CCN(C(=O)c4ccc(F)cc4)CC3)=C([N+](=O)[O-])C(=O)N(CCCN(C)C)C12. The molecule has 3 aliphatic rings. The Morgan fingerprint density at radius 3 is 2.41 bits per heavy atom. The van der Waals surface area contributed by atoms with Gasteiger partial charge in [0.2, 0.25) is 0 Å². The van der Waals surface area contributed by atoms with E-state index in [-0.39, 0.29) is 23.6 Å². The molecule has 9 nitrogen and oxygen atoms in total. The highest BCUT2D eigenvalue weighted by Crippen LogP contribution is 2.44. The Labute approximate surface area is 218 Å². The van der Waals surface area contributed by atoms with E-state index in [1.54, 1.807) is 9.80 Å². The molecule has 2 fully saturated rings. The van der Waals surface area contributed by atoms with Crippen LogP contribution < -0.4 is 0 Å². The highest BCUT2D eigenvalue weighted by Gasteiger charge is 2.52. The first kappa shape index (κ1) is 27.0. The normalized spacial score (nSPS) is 24.5. The average Bonchev–Trinajstić information content (AvgIpc) is 2.88. The van der Waals surface area contributed by atoms with Crippen molar-refractivity contribution in [1.82, 2.24) is 19.6 Å². The summed E-state index contributed by atoms with van der Waals surface area (Å²) in [5.41, 5.74) is 0.691. The van der Waals surface area contributed by atoms with Crippen molar-refractivity contribution in [2.45, 2.75) is 45.1 Å². The number of piperazine rings is 1. The van der Waals surface area contributed by atoms with Crippen LogP contribution in [0.1, 0.15) is 49.4 Å². The maximum absolute atomic E-state index is 13.7. The number of carbonyl (C=O) groups is 2. The second kappa shape index (κ2) is 11.6. The van der Waals surface area contributed by atoms with Gasteiger partial charge in [0.15, 0.2) is 0 Å². The van der Waals surface area contributed by atoms with Crippen LogP contribution in [0, 0.1) is 27.8 Å². The third-order valence-corrected chi connectivity index (χ3v) is 8.11. The minimum absolute atomic E-state index is 0.0361. The Kier molecular flexibility index (Phi) is 8.46. The largest absolute Gasteiger partial charge is 0.365 e. The third-order valence-electron chi connectivity index (χ3n) is 8.11. The second-order valence-electron chi connectivity index (χ2n) is 10.6. The first-order chi connectivity index (χ1) is 17.7. The van der Waals surface area contributed by atoms with Gasteiger partial charge in [0.1, 0.15) is 11.5 Å². The van der Waals surface area contributed by atoms with Crippen LogP contribution in [0.3, 0.4) is 0 Å². The number of benzene rings is 1. The highest BCUT2D eigenvalue weighted by molar-refractivity contribution is 5.94. The summed E-state index contributed by atoms with van der Waals surface area (Å²) in [6.07, 6.45) is 4.52. The summed E-state index contributed by atoms with van der Waals surface area (Å²) in [5.74, 6) is -0.811. The monoisotopic (exact) mass is 515 g/mol. The second-order valence-corrected chi connectivity index (χ2v) is 10.6. The molecule has 1 aromatic rings. The number of nitrogens with zero attached hydrogens (tertiary/aromatic N) is 5. The van der Waals surface area contributed by atoms with E-state index in [9.17, 15) is 24.1 Å². The van der Waals surface area contributed by atoms with Crippen molar-refractivity contribution in [2.24, 2.45) is 11.8 Å². The van der Waals surface area contributed by atoms with Gasteiger partial charge in [0.25, 0.3) is 5.91 Å². The minimum Gasteiger partial charge on any atom is -0.365 e. The Balaban J connectivity index is 1.59. The number of halogens is 1. The van der Waals surface area contributed by atoms with E-state index < -0.39 is 16.6 Å². The lowest BCUT2D eigenvalue weighted by molar-refractivity contribution is -0.424. The molecule has 37 heavy (non-hydrogen) atoms. The van der Waals surface area contributed by atoms with E-state index in [2.05, 4.69) is 11.8 Å². The predicted octanol–water partition coefficient (Wildman–Crippen LogP) is 3.06. The Morgan fingerprint density at radius 1 is 1.14 bits per heavy atom.